The van der Waals surface area contributed by atoms with Crippen LogP contribution in [0.2, 0.25) is 0 Å². The topological polar surface area (TPSA) is 49.4 Å². The Morgan fingerprint density at radius 3 is 1.89 bits per heavy atom. The van der Waals surface area contributed by atoms with E-state index in [4.69, 9.17) is 0 Å². The molecule has 0 saturated carbocycles. The molecule has 4 nitrogen and oxygen atoms in total. The highest BCUT2D eigenvalue weighted by atomic mass is 16.2. The van der Waals surface area contributed by atoms with Crippen LogP contribution in [0.3, 0.4) is 0 Å². The van der Waals surface area contributed by atoms with Crippen molar-refractivity contribution in [2.24, 2.45) is 5.92 Å². The fourth-order valence-electron chi connectivity index (χ4n) is 4.18. The van der Waals surface area contributed by atoms with Crippen LogP contribution in [0.4, 0.5) is 0 Å². The number of unbranched alkanes of at least 4 members (excludes halogenated alkanes) is 12. The first-order valence-electron chi connectivity index (χ1n) is 12.2. The van der Waals surface area contributed by atoms with Crippen LogP contribution >= 0.6 is 0 Å². The van der Waals surface area contributed by atoms with Gasteiger partial charge in [-0.15, -0.1) is 0 Å². The minimum Gasteiger partial charge on any atom is -0.298 e. The van der Waals surface area contributed by atoms with Crippen LogP contribution in [0.25, 0.3) is 0 Å². The highest BCUT2D eigenvalue weighted by Gasteiger charge is 2.23. The second-order valence-electron chi connectivity index (χ2n) is 8.80. The summed E-state index contributed by atoms with van der Waals surface area (Å²) in [7, 11) is 0. The maximum absolute atomic E-state index is 12.4. The van der Waals surface area contributed by atoms with Crippen molar-refractivity contribution in [2.45, 2.75) is 123 Å². The third-order valence-corrected chi connectivity index (χ3v) is 5.89. The highest BCUT2D eigenvalue weighted by molar-refractivity contribution is 5.84. The van der Waals surface area contributed by atoms with E-state index in [-0.39, 0.29) is 17.6 Å². The molecule has 0 spiro atoms. The summed E-state index contributed by atoms with van der Waals surface area (Å²) in [4.78, 5) is 24.7. The smallest absolute Gasteiger partial charge is 0.234 e. The minimum absolute atomic E-state index is 0.100. The predicted molar refractivity (Wildman–Crippen MR) is 118 cm³/mol. The maximum Gasteiger partial charge on any atom is 0.234 e. The van der Waals surface area contributed by atoms with E-state index >= 15 is 0 Å². The molecule has 164 valence electrons. The van der Waals surface area contributed by atoms with Crippen molar-refractivity contribution in [1.29, 1.82) is 0 Å². The molecule has 1 aliphatic rings. The standard InChI is InChI=1S/C24H46N2O2/c1-3-5-7-9-11-13-15-17-22-19-23(27)21-26(25-24(28)20-22)18-16-14-12-10-8-6-4-2/h22H,3-21H2,1-2H3,(H,25,28). The number of ketones is 1. The lowest BCUT2D eigenvalue weighted by molar-refractivity contribution is -0.132. The Kier molecular flexibility index (Phi) is 15.3. The number of rotatable bonds is 16. The predicted octanol–water partition coefficient (Wildman–Crippen LogP) is 6.19. The third-order valence-electron chi connectivity index (χ3n) is 5.89. The number of hydrogen-bond acceptors (Lipinski definition) is 3. The van der Waals surface area contributed by atoms with Crippen LogP contribution < -0.4 is 5.43 Å². The van der Waals surface area contributed by atoms with Gasteiger partial charge < -0.3 is 0 Å². The zero-order valence-electron chi connectivity index (χ0n) is 18.8. The minimum atomic E-state index is 0.100. The second kappa shape index (κ2) is 17.0. The second-order valence-corrected chi connectivity index (χ2v) is 8.80. The molecule has 0 aliphatic carbocycles. The Morgan fingerprint density at radius 1 is 0.750 bits per heavy atom. The van der Waals surface area contributed by atoms with Gasteiger partial charge in [-0.2, -0.15) is 0 Å². The summed E-state index contributed by atoms with van der Waals surface area (Å²) in [6.07, 6.45) is 19.8. The highest BCUT2D eigenvalue weighted by Crippen LogP contribution is 2.21. The van der Waals surface area contributed by atoms with Crippen LogP contribution in [0, 0.1) is 5.92 Å². The largest absolute Gasteiger partial charge is 0.298 e. The van der Waals surface area contributed by atoms with Gasteiger partial charge >= 0.3 is 0 Å². The maximum atomic E-state index is 12.4. The molecule has 0 bridgehead atoms. The van der Waals surface area contributed by atoms with Gasteiger partial charge in [0, 0.05) is 19.4 Å². The van der Waals surface area contributed by atoms with Crippen molar-refractivity contribution in [3.63, 3.8) is 0 Å². The molecule has 1 rings (SSSR count). The number of carbonyl (C=O) groups excluding carboxylic acids is 2. The molecular formula is C24H46N2O2. The first kappa shape index (κ1) is 25.1. The molecule has 1 heterocycles. The van der Waals surface area contributed by atoms with Gasteiger partial charge in [0.2, 0.25) is 5.91 Å². The molecule has 1 aliphatic heterocycles. The molecule has 28 heavy (non-hydrogen) atoms. The average Bonchev–Trinajstić information content (AvgIpc) is 2.65. The van der Waals surface area contributed by atoms with E-state index < -0.39 is 0 Å². The molecule has 1 atom stereocenters. The summed E-state index contributed by atoms with van der Waals surface area (Å²) in [5.74, 6) is 0.628. The van der Waals surface area contributed by atoms with Crippen molar-refractivity contribution < 1.29 is 9.59 Å². The normalized spacial score (nSPS) is 18.7. The first-order valence-corrected chi connectivity index (χ1v) is 12.2. The number of Topliss-reactive ketones (excluding diaryl/α,β-unsaturated/α-hetero) is 1. The molecule has 1 amide bonds. The fraction of sp³-hybridized carbons (Fsp3) is 0.917. The van der Waals surface area contributed by atoms with Gasteiger partial charge in [0.15, 0.2) is 0 Å². The number of hydrogen-bond donors (Lipinski definition) is 1. The zero-order valence-corrected chi connectivity index (χ0v) is 18.8. The van der Waals surface area contributed by atoms with E-state index in [2.05, 4.69) is 19.3 Å². The van der Waals surface area contributed by atoms with Gasteiger partial charge in [-0.05, 0) is 18.8 Å². The van der Waals surface area contributed by atoms with Crippen LogP contribution in [0.15, 0.2) is 0 Å². The van der Waals surface area contributed by atoms with Crippen molar-refractivity contribution in [3.8, 4) is 0 Å². The molecular weight excluding hydrogens is 348 g/mol. The molecule has 1 N–H and O–H groups in total. The van der Waals surface area contributed by atoms with Gasteiger partial charge in [0.05, 0.1) is 6.54 Å². The number of nitrogens with one attached hydrogen (secondary N) is 1. The Morgan fingerprint density at radius 2 is 1.29 bits per heavy atom. The van der Waals surface area contributed by atoms with Crippen LogP contribution in [-0.2, 0) is 9.59 Å². The van der Waals surface area contributed by atoms with Gasteiger partial charge in [0.1, 0.15) is 5.78 Å². The summed E-state index contributed by atoms with van der Waals surface area (Å²) in [5, 5.41) is 1.86. The molecule has 0 aromatic rings. The molecule has 1 saturated heterocycles. The van der Waals surface area contributed by atoms with E-state index in [0.29, 0.717) is 19.4 Å². The number of nitrogens with zero attached hydrogens (tertiary/aromatic N) is 1. The first-order chi connectivity index (χ1) is 13.7. The molecule has 0 aromatic heterocycles. The Hall–Kier alpha value is -0.900. The van der Waals surface area contributed by atoms with E-state index in [1.165, 1.54) is 77.0 Å². The van der Waals surface area contributed by atoms with Gasteiger partial charge in [-0.1, -0.05) is 97.3 Å². The number of hydrazine groups is 1. The van der Waals surface area contributed by atoms with Crippen LogP contribution in [0.5, 0.6) is 0 Å². The summed E-state index contributed by atoms with van der Waals surface area (Å²) in [6.45, 7) is 5.66. The van der Waals surface area contributed by atoms with E-state index in [9.17, 15) is 9.59 Å². The van der Waals surface area contributed by atoms with E-state index in [0.717, 1.165) is 25.8 Å². The van der Waals surface area contributed by atoms with E-state index in [1.807, 2.05) is 5.01 Å². The lowest BCUT2D eigenvalue weighted by atomic mass is 9.91. The summed E-state index contributed by atoms with van der Waals surface area (Å²) < 4.78 is 0. The Balaban J connectivity index is 2.18. The third kappa shape index (κ3) is 13.3. The van der Waals surface area contributed by atoms with Crippen LogP contribution in [-0.4, -0.2) is 29.8 Å². The van der Waals surface area contributed by atoms with Gasteiger partial charge in [-0.25, -0.2) is 5.01 Å². The van der Waals surface area contributed by atoms with Crippen molar-refractivity contribution in [3.05, 3.63) is 0 Å². The molecule has 1 unspecified atom stereocenters. The molecule has 4 heteroatoms. The number of amides is 1. The number of carbonyl (C=O) groups is 2. The van der Waals surface area contributed by atoms with Crippen molar-refractivity contribution in [1.82, 2.24) is 10.4 Å². The Labute approximate surface area is 174 Å². The monoisotopic (exact) mass is 394 g/mol. The Bertz CT molecular complexity index is 357. The summed E-state index contributed by atoms with van der Waals surface area (Å²) in [5.41, 5.74) is 2.99. The lowest BCUT2D eigenvalue weighted by Crippen LogP contribution is -2.48. The quantitative estimate of drug-likeness (QED) is 0.318. The summed E-state index contributed by atoms with van der Waals surface area (Å²) in [6, 6.07) is 0. The molecule has 0 radical (unpaired) electrons. The molecule has 1 fully saturated rings. The van der Waals surface area contributed by atoms with Crippen LogP contribution in [0.1, 0.15) is 123 Å². The zero-order chi connectivity index (χ0) is 20.5. The average molecular weight is 395 g/mol. The van der Waals surface area contributed by atoms with Crippen molar-refractivity contribution >= 4 is 11.7 Å². The summed E-state index contributed by atoms with van der Waals surface area (Å²) >= 11 is 0. The van der Waals surface area contributed by atoms with E-state index in [1.54, 1.807) is 0 Å². The SMILES string of the molecule is CCCCCCCCCC1CC(=O)CN(CCCCCCCCC)NC(=O)C1. The molecule has 0 aromatic carbocycles. The lowest BCUT2D eigenvalue weighted by Gasteiger charge is -2.27. The van der Waals surface area contributed by atoms with Gasteiger partial charge in [-0.3, -0.25) is 15.0 Å². The van der Waals surface area contributed by atoms with Gasteiger partial charge in [0.25, 0.3) is 0 Å². The fourth-order valence-corrected chi connectivity index (χ4v) is 4.18. The van der Waals surface area contributed by atoms with Crippen molar-refractivity contribution in [2.75, 3.05) is 13.1 Å².